The summed E-state index contributed by atoms with van der Waals surface area (Å²) < 4.78 is 59.4. The summed E-state index contributed by atoms with van der Waals surface area (Å²) in [7, 11) is 0. The van der Waals surface area contributed by atoms with Crippen LogP contribution < -0.4 is 0 Å². The van der Waals surface area contributed by atoms with Gasteiger partial charge in [-0.2, -0.15) is 0 Å². The summed E-state index contributed by atoms with van der Waals surface area (Å²) in [6.07, 6.45) is 3.94. The van der Waals surface area contributed by atoms with Crippen LogP contribution in [0.1, 0.15) is 10.5 Å². The SMILES string of the molecule is O=C(O)c1cc(-c2cc(F)cc(F)c2-c2ccccn2)c(-c2cc(F)cc(F)c2-c2ccccn2)cn1. The van der Waals surface area contributed by atoms with E-state index in [1.54, 1.807) is 24.3 Å². The minimum Gasteiger partial charge on any atom is -0.477 e. The number of halogens is 4. The molecule has 0 fully saturated rings. The third kappa shape index (κ3) is 4.54. The zero-order valence-corrected chi connectivity index (χ0v) is 18.8. The Kier molecular flexibility index (Phi) is 6.19. The maximum Gasteiger partial charge on any atom is 0.354 e. The molecule has 0 aliphatic rings. The summed E-state index contributed by atoms with van der Waals surface area (Å²) in [5.74, 6) is -5.15. The summed E-state index contributed by atoms with van der Waals surface area (Å²) in [4.78, 5) is 24.0. The normalized spacial score (nSPS) is 10.9. The monoisotopic (exact) mass is 501 g/mol. The van der Waals surface area contributed by atoms with Gasteiger partial charge in [0.25, 0.3) is 0 Å². The molecule has 3 heterocycles. The summed E-state index contributed by atoms with van der Waals surface area (Å²) in [6, 6.07) is 14.0. The fourth-order valence-corrected chi connectivity index (χ4v) is 4.12. The summed E-state index contributed by atoms with van der Waals surface area (Å²) in [5.41, 5.74) is -0.443. The highest BCUT2D eigenvalue weighted by atomic mass is 19.1. The van der Waals surface area contributed by atoms with Gasteiger partial charge in [-0.05, 0) is 59.2 Å². The van der Waals surface area contributed by atoms with Gasteiger partial charge in [0.15, 0.2) is 0 Å². The maximum atomic E-state index is 15.2. The predicted octanol–water partition coefficient (Wildman–Crippen LogP) is 6.79. The highest BCUT2D eigenvalue weighted by Gasteiger charge is 2.24. The molecule has 0 saturated heterocycles. The number of carboxylic acid groups (broad SMARTS) is 1. The molecule has 1 N–H and O–H groups in total. The van der Waals surface area contributed by atoms with E-state index in [9.17, 15) is 18.7 Å². The van der Waals surface area contributed by atoms with Crippen LogP contribution in [-0.2, 0) is 0 Å². The van der Waals surface area contributed by atoms with E-state index in [0.29, 0.717) is 12.1 Å². The molecule has 3 aromatic heterocycles. The third-order valence-electron chi connectivity index (χ3n) is 5.66. The smallest absolute Gasteiger partial charge is 0.354 e. The Balaban J connectivity index is 1.89. The van der Waals surface area contributed by atoms with Crippen LogP contribution in [0.4, 0.5) is 17.6 Å². The van der Waals surface area contributed by atoms with Gasteiger partial charge >= 0.3 is 5.97 Å². The maximum absolute atomic E-state index is 15.2. The average molecular weight is 501 g/mol. The molecule has 0 saturated carbocycles. The molecular weight excluding hydrogens is 486 g/mol. The second-order valence-corrected chi connectivity index (χ2v) is 7.97. The number of nitrogens with zero attached hydrogens (tertiary/aromatic N) is 3. The number of rotatable bonds is 5. The van der Waals surface area contributed by atoms with Crippen molar-refractivity contribution in [2.45, 2.75) is 0 Å². The molecule has 2 aromatic carbocycles. The van der Waals surface area contributed by atoms with Crippen LogP contribution in [0.25, 0.3) is 44.8 Å². The number of pyridine rings is 3. The number of aromatic nitrogens is 3. The number of carboxylic acids is 1. The van der Waals surface area contributed by atoms with Crippen LogP contribution in [0.15, 0.2) is 85.3 Å². The Morgan fingerprint density at radius 2 is 1.14 bits per heavy atom. The van der Waals surface area contributed by atoms with Crippen LogP contribution in [0, 0.1) is 23.3 Å². The van der Waals surface area contributed by atoms with E-state index in [2.05, 4.69) is 15.0 Å². The lowest BCUT2D eigenvalue weighted by Crippen LogP contribution is -2.04. The first-order valence-corrected chi connectivity index (χ1v) is 10.9. The quantitative estimate of drug-likeness (QED) is 0.268. The molecule has 0 aliphatic heterocycles. The number of hydrogen-bond donors (Lipinski definition) is 1. The van der Waals surface area contributed by atoms with Gasteiger partial charge in [0.2, 0.25) is 0 Å². The van der Waals surface area contributed by atoms with Gasteiger partial charge in [-0.25, -0.2) is 27.3 Å². The fraction of sp³-hybridized carbons (Fsp3) is 0. The molecule has 37 heavy (non-hydrogen) atoms. The number of hydrogen-bond acceptors (Lipinski definition) is 4. The molecular formula is C28H15F4N3O2. The van der Waals surface area contributed by atoms with Crippen LogP contribution in [0.3, 0.4) is 0 Å². The van der Waals surface area contributed by atoms with Crippen molar-refractivity contribution in [2.75, 3.05) is 0 Å². The Morgan fingerprint density at radius 3 is 1.59 bits per heavy atom. The van der Waals surface area contributed by atoms with E-state index in [1.165, 1.54) is 24.5 Å². The van der Waals surface area contributed by atoms with E-state index in [4.69, 9.17) is 0 Å². The van der Waals surface area contributed by atoms with E-state index < -0.39 is 34.9 Å². The Hall–Kier alpha value is -4.92. The summed E-state index contributed by atoms with van der Waals surface area (Å²) in [5, 5.41) is 9.58. The topological polar surface area (TPSA) is 76.0 Å². The van der Waals surface area contributed by atoms with Gasteiger partial charge in [0, 0.05) is 47.4 Å². The van der Waals surface area contributed by atoms with E-state index in [0.717, 1.165) is 24.4 Å². The molecule has 182 valence electrons. The van der Waals surface area contributed by atoms with Crippen molar-refractivity contribution in [1.82, 2.24) is 15.0 Å². The van der Waals surface area contributed by atoms with Gasteiger partial charge in [-0.1, -0.05) is 12.1 Å². The molecule has 0 amide bonds. The summed E-state index contributed by atoms with van der Waals surface area (Å²) >= 11 is 0. The Labute approximate surface area is 207 Å². The molecule has 5 rings (SSSR count). The molecule has 0 bridgehead atoms. The Morgan fingerprint density at radius 1 is 0.622 bits per heavy atom. The first kappa shape index (κ1) is 23.8. The van der Waals surface area contributed by atoms with Crippen molar-refractivity contribution >= 4 is 5.97 Å². The summed E-state index contributed by atoms with van der Waals surface area (Å²) in [6.45, 7) is 0. The van der Waals surface area contributed by atoms with Crippen molar-refractivity contribution < 1.29 is 27.5 Å². The molecule has 9 heteroatoms. The predicted molar refractivity (Wildman–Crippen MR) is 128 cm³/mol. The van der Waals surface area contributed by atoms with Gasteiger partial charge in [0.05, 0.1) is 11.4 Å². The van der Waals surface area contributed by atoms with Crippen molar-refractivity contribution in [1.29, 1.82) is 0 Å². The zero-order valence-electron chi connectivity index (χ0n) is 18.8. The first-order chi connectivity index (χ1) is 17.8. The van der Waals surface area contributed by atoms with Gasteiger partial charge in [-0.15, -0.1) is 0 Å². The largest absolute Gasteiger partial charge is 0.477 e. The minimum absolute atomic E-state index is 0.0198. The average Bonchev–Trinajstić information content (AvgIpc) is 2.88. The molecule has 5 aromatic rings. The van der Waals surface area contributed by atoms with Crippen molar-refractivity contribution in [3.05, 3.63) is 114 Å². The lowest BCUT2D eigenvalue weighted by atomic mass is 9.88. The Bertz CT molecular complexity index is 1650. The molecule has 5 nitrogen and oxygen atoms in total. The standard InChI is InChI=1S/C28H15F4N3O2/c29-15-9-18(26(21(31)11-15)23-5-1-3-7-33-23)17-13-25(28(36)37)35-14-20(17)19-10-16(30)12-22(32)27(19)24-6-2-4-8-34-24/h1-14H,(H,36,37). The molecule has 0 unspecified atom stereocenters. The van der Waals surface area contributed by atoms with Crippen LogP contribution >= 0.6 is 0 Å². The van der Waals surface area contributed by atoms with Crippen LogP contribution in [-0.4, -0.2) is 26.0 Å². The zero-order chi connectivity index (χ0) is 26.1. The van der Waals surface area contributed by atoms with Crippen molar-refractivity contribution in [2.24, 2.45) is 0 Å². The van der Waals surface area contributed by atoms with Crippen molar-refractivity contribution in [3.8, 4) is 44.8 Å². The number of aromatic carboxylic acids is 1. The van der Waals surface area contributed by atoms with Gasteiger partial charge in [0.1, 0.15) is 29.0 Å². The molecule has 0 radical (unpaired) electrons. The van der Waals surface area contributed by atoms with Crippen LogP contribution in [0.2, 0.25) is 0 Å². The fourth-order valence-electron chi connectivity index (χ4n) is 4.12. The van der Waals surface area contributed by atoms with E-state index in [-0.39, 0.29) is 44.8 Å². The first-order valence-electron chi connectivity index (χ1n) is 10.9. The third-order valence-corrected chi connectivity index (χ3v) is 5.66. The number of benzene rings is 2. The highest BCUT2D eigenvalue weighted by molar-refractivity contribution is 5.97. The van der Waals surface area contributed by atoms with E-state index in [1.807, 2.05) is 0 Å². The lowest BCUT2D eigenvalue weighted by Gasteiger charge is -2.18. The highest BCUT2D eigenvalue weighted by Crippen LogP contribution is 2.43. The van der Waals surface area contributed by atoms with Crippen molar-refractivity contribution in [3.63, 3.8) is 0 Å². The molecule has 0 aliphatic carbocycles. The molecule has 0 spiro atoms. The molecule has 0 atom stereocenters. The lowest BCUT2D eigenvalue weighted by molar-refractivity contribution is 0.0690. The second kappa shape index (κ2) is 9.62. The van der Waals surface area contributed by atoms with Crippen LogP contribution in [0.5, 0.6) is 0 Å². The van der Waals surface area contributed by atoms with E-state index >= 15 is 8.78 Å². The second-order valence-electron chi connectivity index (χ2n) is 7.97. The number of carbonyl (C=O) groups is 1. The minimum atomic E-state index is -1.40. The van der Waals surface area contributed by atoms with Gasteiger partial charge in [-0.3, -0.25) is 9.97 Å². The van der Waals surface area contributed by atoms with Gasteiger partial charge < -0.3 is 5.11 Å².